The largest absolute Gasteiger partial charge is 0.388 e. The van der Waals surface area contributed by atoms with Gasteiger partial charge in [0.25, 0.3) is 0 Å². The fourth-order valence-corrected chi connectivity index (χ4v) is 5.70. The van der Waals surface area contributed by atoms with Crippen molar-refractivity contribution in [2.75, 3.05) is 10.6 Å². The molecule has 0 spiro atoms. The molecule has 0 aliphatic rings. The second-order valence-corrected chi connectivity index (χ2v) is 7.61. The summed E-state index contributed by atoms with van der Waals surface area (Å²) in [6.45, 7) is 3.72. The Bertz CT molecular complexity index is 692. The number of nitrogens with one attached hydrogen (secondary N) is 2. The number of halogens is 3. The summed E-state index contributed by atoms with van der Waals surface area (Å²) in [6, 6.07) is 0. The maximum absolute atomic E-state index is 12.2. The molecule has 1 aromatic carbocycles. The molecule has 8 nitrogen and oxygen atoms in total. The van der Waals surface area contributed by atoms with E-state index in [4.69, 9.17) is 0 Å². The first-order valence-electron chi connectivity index (χ1n) is 6.21. The summed E-state index contributed by atoms with van der Waals surface area (Å²) in [5.41, 5.74) is 0.760. The van der Waals surface area contributed by atoms with Gasteiger partial charge >= 0.3 is 11.9 Å². The summed E-state index contributed by atoms with van der Waals surface area (Å²) in [5.74, 6) is -2.41. The number of anilines is 2. The number of carbonyl (C=O) groups excluding carboxylic acids is 4. The molecule has 130 valence electrons. The molecule has 0 aromatic heterocycles. The molecule has 0 saturated carbocycles. The standard InChI is InChI=1S/C13H11I3N2O6/c1-4(19)17-11-8(14)7(13(22)24-23-6(3)21)9(15)12(10(11)16)18-5(2)20/h1-3H3,(H,17,19)(H,18,20). The Morgan fingerprint density at radius 3 is 1.50 bits per heavy atom. The van der Waals surface area contributed by atoms with Crippen LogP contribution in [0.2, 0.25) is 0 Å². The van der Waals surface area contributed by atoms with Gasteiger partial charge in [-0.05, 0) is 67.8 Å². The zero-order chi connectivity index (χ0) is 18.6. The van der Waals surface area contributed by atoms with E-state index in [1.807, 2.05) is 67.8 Å². The molecule has 0 atom stereocenters. The second kappa shape index (κ2) is 9.12. The van der Waals surface area contributed by atoms with Gasteiger partial charge in [0.05, 0.1) is 27.6 Å². The van der Waals surface area contributed by atoms with Crippen LogP contribution in [0, 0.1) is 10.7 Å². The van der Waals surface area contributed by atoms with E-state index in [9.17, 15) is 19.2 Å². The summed E-state index contributed by atoms with van der Waals surface area (Å²) < 4.78 is 1.33. The lowest BCUT2D eigenvalue weighted by Gasteiger charge is -2.18. The molecule has 0 aliphatic carbocycles. The van der Waals surface area contributed by atoms with E-state index >= 15 is 0 Å². The van der Waals surface area contributed by atoms with Crippen LogP contribution < -0.4 is 10.6 Å². The minimum atomic E-state index is -0.923. The van der Waals surface area contributed by atoms with E-state index in [2.05, 4.69) is 20.4 Å². The summed E-state index contributed by atoms with van der Waals surface area (Å²) >= 11 is 5.69. The first-order chi connectivity index (χ1) is 11.1. The van der Waals surface area contributed by atoms with Crippen LogP contribution in [-0.2, 0) is 24.2 Å². The number of carbonyl (C=O) groups is 4. The molecule has 0 unspecified atom stereocenters. The molecule has 0 saturated heterocycles. The fourth-order valence-electron chi connectivity index (χ4n) is 1.55. The van der Waals surface area contributed by atoms with Gasteiger partial charge in [-0.2, -0.15) is 0 Å². The summed E-state index contributed by atoms with van der Waals surface area (Å²) in [7, 11) is 0. The van der Waals surface area contributed by atoms with Crippen molar-refractivity contribution < 1.29 is 29.0 Å². The predicted molar refractivity (Wildman–Crippen MR) is 110 cm³/mol. The quantitative estimate of drug-likeness (QED) is 0.291. The molecule has 24 heavy (non-hydrogen) atoms. The van der Waals surface area contributed by atoms with Gasteiger partial charge in [-0.3, -0.25) is 9.59 Å². The van der Waals surface area contributed by atoms with Gasteiger partial charge < -0.3 is 10.6 Å². The van der Waals surface area contributed by atoms with Crippen molar-refractivity contribution >= 4 is 103 Å². The molecular weight excluding hydrogens is 661 g/mol. The first-order valence-corrected chi connectivity index (χ1v) is 9.44. The SMILES string of the molecule is CC(=O)Nc1c(I)c(NC(C)=O)c(I)c(C(=O)OOC(C)=O)c1I. The highest BCUT2D eigenvalue weighted by molar-refractivity contribution is 14.1. The van der Waals surface area contributed by atoms with Crippen LogP contribution in [0.25, 0.3) is 0 Å². The van der Waals surface area contributed by atoms with Crippen molar-refractivity contribution in [2.24, 2.45) is 0 Å². The highest BCUT2D eigenvalue weighted by Crippen LogP contribution is 2.39. The third-order valence-electron chi connectivity index (χ3n) is 2.36. The van der Waals surface area contributed by atoms with E-state index in [1.54, 1.807) is 0 Å². The highest BCUT2D eigenvalue weighted by Gasteiger charge is 2.27. The molecule has 0 bridgehead atoms. The van der Waals surface area contributed by atoms with Gasteiger partial charge in [-0.15, -0.1) is 0 Å². The number of benzene rings is 1. The van der Waals surface area contributed by atoms with Gasteiger partial charge in [0.15, 0.2) is 0 Å². The maximum atomic E-state index is 12.2. The van der Waals surface area contributed by atoms with Crippen molar-refractivity contribution in [3.63, 3.8) is 0 Å². The van der Waals surface area contributed by atoms with Gasteiger partial charge in [0.1, 0.15) is 0 Å². The lowest BCUT2D eigenvalue weighted by atomic mass is 10.1. The summed E-state index contributed by atoms with van der Waals surface area (Å²) in [6.07, 6.45) is 0. The van der Waals surface area contributed by atoms with Crippen molar-refractivity contribution in [3.05, 3.63) is 16.3 Å². The van der Waals surface area contributed by atoms with Gasteiger partial charge in [-0.1, -0.05) is 0 Å². The third kappa shape index (κ3) is 5.40. The van der Waals surface area contributed by atoms with Gasteiger partial charge in [-0.25, -0.2) is 19.4 Å². The lowest BCUT2D eigenvalue weighted by molar-refractivity contribution is -0.231. The fraction of sp³-hybridized carbons (Fsp3) is 0.231. The molecule has 1 aromatic rings. The van der Waals surface area contributed by atoms with Crippen LogP contribution in [0.3, 0.4) is 0 Å². The molecular formula is C13H11I3N2O6. The normalized spacial score (nSPS) is 9.92. The highest BCUT2D eigenvalue weighted by atomic mass is 127. The first kappa shape index (κ1) is 21.3. The van der Waals surface area contributed by atoms with Gasteiger partial charge in [0.2, 0.25) is 11.8 Å². The Hall–Kier alpha value is -0.710. The zero-order valence-corrected chi connectivity index (χ0v) is 19.1. The van der Waals surface area contributed by atoms with Crippen LogP contribution in [0.4, 0.5) is 11.4 Å². The zero-order valence-electron chi connectivity index (χ0n) is 12.6. The molecule has 1 rings (SSSR count). The minimum Gasteiger partial charge on any atom is -0.324 e. The topological polar surface area (TPSA) is 111 Å². The van der Waals surface area contributed by atoms with Crippen LogP contribution in [0.5, 0.6) is 0 Å². The van der Waals surface area contributed by atoms with Crippen molar-refractivity contribution in [1.82, 2.24) is 0 Å². The molecule has 0 heterocycles. The maximum Gasteiger partial charge on any atom is 0.388 e. The second-order valence-electron chi connectivity index (χ2n) is 4.38. The molecule has 11 heteroatoms. The third-order valence-corrected chi connectivity index (χ3v) is 5.59. The number of hydrogen-bond donors (Lipinski definition) is 2. The molecule has 0 fully saturated rings. The average Bonchev–Trinajstić information content (AvgIpc) is 2.45. The Morgan fingerprint density at radius 2 is 1.17 bits per heavy atom. The number of hydrogen-bond acceptors (Lipinski definition) is 6. The molecule has 0 radical (unpaired) electrons. The van der Waals surface area contributed by atoms with E-state index in [0.717, 1.165) is 6.92 Å². The van der Waals surface area contributed by atoms with E-state index in [1.165, 1.54) is 13.8 Å². The predicted octanol–water partition coefficient (Wildman–Crippen LogP) is 3.05. The Kier molecular flexibility index (Phi) is 8.10. The van der Waals surface area contributed by atoms with E-state index in [0.29, 0.717) is 22.1 Å². The van der Waals surface area contributed by atoms with Crippen LogP contribution in [-0.4, -0.2) is 23.8 Å². The minimum absolute atomic E-state index is 0.0605. The Morgan fingerprint density at radius 1 is 0.750 bits per heavy atom. The Balaban J connectivity index is 3.55. The average molecular weight is 672 g/mol. The molecule has 2 amide bonds. The van der Waals surface area contributed by atoms with Crippen molar-refractivity contribution in [1.29, 1.82) is 0 Å². The molecule has 0 aliphatic heterocycles. The van der Waals surface area contributed by atoms with Crippen LogP contribution in [0.15, 0.2) is 0 Å². The van der Waals surface area contributed by atoms with Crippen LogP contribution in [0.1, 0.15) is 31.1 Å². The van der Waals surface area contributed by atoms with E-state index in [-0.39, 0.29) is 17.4 Å². The van der Waals surface area contributed by atoms with Crippen molar-refractivity contribution in [2.45, 2.75) is 20.8 Å². The van der Waals surface area contributed by atoms with Crippen molar-refractivity contribution in [3.8, 4) is 0 Å². The monoisotopic (exact) mass is 672 g/mol. The van der Waals surface area contributed by atoms with Crippen LogP contribution >= 0.6 is 67.8 Å². The molecule has 2 N–H and O–H groups in total. The number of amides is 2. The summed E-state index contributed by atoms with van der Waals surface area (Å²) in [5, 5.41) is 5.24. The van der Waals surface area contributed by atoms with E-state index < -0.39 is 11.9 Å². The summed E-state index contributed by atoms with van der Waals surface area (Å²) in [4.78, 5) is 54.7. The Labute approximate surface area is 178 Å². The van der Waals surface area contributed by atoms with Gasteiger partial charge in [0, 0.05) is 20.8 Å². The lowest BCUT2D eigenvalue weighted by Crippen LogP contribution is -2.19. The smallest absolute Gasteiger partial charge is 0.324 e. The number of rotatable bonds is 3.